The largest absolute Gasteiger partial charge is 0.497 e. The van der Waals surface area contributed by atoms with Gasteiger partial charge in [0.25, 0.3) is 0 Å². The summed E-state index contributed by atoms with van der Waals surface area (Å²) in [5, 5.41) is 0. The van der Waals surface area contributed by atoms with Crippen LogP contribution in [0.25, 0.3) is 5.76 Å². The molecular formula is C19H24O6. The third-order valence-electron chi connectivity index (χ3n) is 4.08. The van der Waals surface area contributed by atoms with Crippen molar-refractivity contribution >= 4 is 11.7 Å². The van der Waals surface area contributed by atoms with Crippen LogP contribution in [0.2, 0.25) is 0 Å². The van der Waals surface area contributed by atoms with Crippen molar-refractivity contribution in [1.29, 1.82) is 0 Å². The standard InChI is InChI=1S/C19H24O6/c1-6-17(20)25-13(2)12-24-18-14-9-7-8-10-15(14)19(22-4,23-5)11-16(18)21-3/h6-10,13H,1,11-12H2,2-5H3. The van der Waals surface area contributed by atoms with Crippen molar-refractivity contribution in [2.24, 2.45) is 0 Å². The minimum Gasteiger partial charge on any atom is -0.497 e. The Morgan fingerprint density at radius 1 is 1.28 bits per heavy atom. The highest BCUT2D eigenvalue weighted by molar-refractivity contribution is 5.81. The van der Waals surface area contributed by atoms with Crippen LogP contribution in [0.5, 0.6) is 0 Å². The van der Waals surface area contributed by atoms with E-state index in [2.05, 4.69) is 6.58 Å². The second-order valence-corrected chi connectivity index (χ2v) is 5.60. The predicted octanol–water partition coefficient (Wildman–Crippen LogP) is 2.99. The molecule has 0 amide bonds. The lowest BCUT2D eigenvalue weighted by atomic mass is 9.89. The molecule has 1 unspecified atom stereocenters. The van der Waals surface area contributed by atoms with Crippen molar-refractivity contribution in [2.75, 3.05) is 27.9 Å². The van der Waals surface area contributed by atoms with Crippen LogP contribution in [0.3, 0.4) is 0 Å². The van der Waals surface area contributed by atoms with Crippen LogP contribution in [-0.2, 0) is 34.3 Å². The van der Waals surface area contributed by atoms with Gasteiger partial charge in [0.2, 0.25) is 5.79 Å². The lowest BCUT2D eigenvalue weighted by Gasteiger charge is -2.37. The fourth-order valence-corrected chi connectivity index (χ4v) is 2.80. The van der Waals surface area contributed by atoms with Gasteiger partial charge in [-0.25, -0.2) is 4.79 Å². The van der Waals surface area contributed by atoms with Gasteiger partial charge in [0.1, 0.15) is 18.5 Å². The second kappa shape index (κ2) is 8.18. The molecule has 6 heteroatoms. The molecule has 1 aliphatic carbocycles. The highest BCUT2D eigenvalue weighted by Gasteiger charge is 2.42. The zero-order valence-corrected chi connectivity index (χ0v) is 15.0. The zero-order chi connectivity index (χ0) is 18.4. The maximum atomic E-state index is 11.3. The number of esters is 1. The molecule has 0 radical (unpaired) electrons. The Labute approximate surface area is 148 Å². The molecule has 0 aromatic heterocycles. The summed E-state index contributed by atoms with van der Waals surface area (Å²) in [4.78, 5) is 11.3. The monoisotopic (exact) mass is 348 g/mol. The molecule has 2 rings (SSSR count). The van der Waals surface area contributed by atoms with Crippen molar-refractivity contribution in [3.05, 3.63) is 53.8 Å². The molecule has 1 aliphatic rings. The predicted molar refractivity (Wildman–Crippen MR) is 92.4 cm³/mol. The molecule has 0 heterocycles. The average Bonchev–Trinajstić information content (AvgIpc) is 2.65. The summed E-state index contributed by atoms with van der Waals surface area (Å²) in [5.41, 5.74) is 1.67. The van der Waals surface area contributed by atoms with Crippen molar-refractivity contribution in [3.8, 4) is 0 Å². The van der Waals surface area contributed by atoms with E-state index in [0.717, 1.165) is 17.2 Å². The summed E-state index contributed by atoms with van der Waals surface area (Å²) in [6.45, 7) is 5.31. The fraction of sp³-hybridized carbons (Fsp3) is 0.421. The smallest absolute Gasteiger partial charge is 0.330 e. The Bertz CT molecular complexity index is 660. The number of carbonyl (C=O) groups excluding carboxylic acids is 1. The third kappa shape index (κ3) is 3.86. The second-order valence-electron chi connectivity index (χ2n) is 5.60. The highest BCUT2D eigenvalue weighted by Crippen LogP contribution is 2.44. The van der Waals surface area contributed by atoms with Crippen molar-refractivity contribution < 1.29 is 28.5 Å². The molecule has 0 saturated carbocycles. The van der Waals surface area contributed by atoms with Crippen molar-refractivity contribution in [2.45, 2.75) is 25.2 Å². The minimum absolute atomic E-state index is 0.184. The van der Waals surface area contributed by atoms with E-state index in [1.54, 1.807) is 28.3 Å². The molecule has 1 aromatic carbocycles. The van der Waals surface area contributed by atoms with Gasteiger partial charge < -0.3 is 23.7 Å². The molecular weight excluding hydrogens is 324 g/mol. The maximum absolute atomic E-state index is 11.3. The molecule has 0 spiro atoms. The SMILES string of the molecule is C=CC(=O)OC(C)COC1=C(OC)CC(OC)(OC)c2ccccc21. The third-order valence-corrected chi connectivity index (χ3v) is 4.08. The van der Waals surface area contributed by atoms with Crippen LogP contribution >= 0.6 is 0 Å². The van der Waals surface area contributed by atoms with Gasteiger partial charge in [-0.3, -0.25) is 0 Å². The van der Waals surface area contributed by atoms with E-state index < -0.39 is 17.9 Å². The van der Waals surface area contributed by atoms with Crippen molar-refractivity contribution in [1.82, 2.24) is 0 Å². The molecule has 0 aliphatic heterocycles. The van der Waals surface area contributed by atoms with Gasteiger partial charge >= 0.3 is 5.97 Å². The van der Waals surface area contributed by atoms with Crippen LogP contribution in [-0.4, -0.2) is 40.0 Å². The fourth-order valence-electron chi connectivity index (χ4n) is 2.80. The molecule has 0 fully saturated rings. The molecule has 1 atom stereocenters. The minimum atomic E-state index is -0.935. The van der Waals surface area contributed by atoms with Crippen LogP contribution in [0.4, 0.5) is 0 Å². The maximum Gasteiger partial charge on any atom is 0.330 e. The highest BCUT2D eigenvalue weighted by atomic mass is 16.7. The van der Waals surface area contributed by atoms with Gasteiger partial charge in [-0.15, -0.1) is 0 Å². The first-order valence-electron chi connectivity index (χ1n) is 7.94. The number of rotatable bonds is 8. The number of hydrogen-bond donors (Lipinski definition) is 0. The van der Waals surface area contributed by atoms with E-state index in [9.17, 15) is 4.79 Å². The summed E-state index contributed by atoms with van der Waals surface area (Å²) < 4.78 is 27.9. The topological polar surface area (TPSA) is 63.2 Å². The van der Waals surface area contributed by atoms with Crippen LogP contribution in [0.1, 0.15) is 24.5 Å². The van der Waals surface area contributed by atoms with E-state index in [1.165, 1.54) is 0 Å². The summed E-state index contributed by atoms with van der Waals surface area (Å²) in [7, 11) is 4.76. The van der Waals surface area contributed by atoms with Gasteiger partial charge in [-0.05, 0) is 6.92 Å². The van der Waals surface area contributed by atoms with Crippen LogP contribution < -0.4 is 0 Å². The quantitative estimate of drug-likeness (QED) is 0.409. The Morgan fingerprint density at radius 2 is 1.96 bits per heavy atom. The number of fused-ring (bicyclic) bond motifs is 1. The summed E-state index contributed by atoms with van der Waals surface area (Å²) >= 11 is 0. The Morgan fingerprint density at radius 3 is 2.56 bits per heavy atom. The molecule has 6 nitrogen and oxygen atoms in total. The molecule has 0 N–H and O–H groups in total. The number of carbonyl (C=O) groups is 1. The summed E-state index contributed by atoms with van der Waals surface area (Å²) in [6, 6.07) is 7.66. The first kappa shape index (κ1) is 19.0. The Balaban J connectivity index is 2.31. The number of hydrogen-bond acceptors (Lipinski definition) is 6. The Kier molecular flexibility index (Phi) is 6.22. The summed E-state index contributed by atoms with van der Waals surface area (Å²) in [5.74, 6) is -0.233. The van der Waals surface area contributed by atoms with Gasteiger partial charge in [0.15, 0.2) is 5.76 Å². The van der Waals surface area contributed by atoms with Gasteiger partial charge in [-0.1, -0.05) is 30.8 Å². The number of methoxy groups -OCH3 is 3. The summed E-state index contributed by atoms with van der Waals surface area (Å²) in [6.07, 6.45) is 1.06. The van der Waals surface area contributed by atoms with Crippen LogP contribution in [0.15, 0.2) is 42.7 Å². The number of benzene rings is 1. The first-order chi connectivity index (χ1) is 12.0. The van der Waals surface area contributed by atoms with Crippen molar-refractivity contribution in [3.63, 3.8) is 0 Å². The molecule has 25 heavy (non-hydrogen) atoms. The van der Waals surface area contributed by atoms with Gasteiger partial charge in [0, 0.05) is 31.4 Å². The van der Waals surface area contributed by atoms with E-state index >= 15 is 0 Å². The lowest BCUT2D eigenvalue weighted by molar-refractivity contribution is -0.220. The van der Waals surface area contributed by atoms with Crippen LogP contribution in [0, 0.1) is 0 Å². The normalized spacial score (nSPS) is 16.6. The van der Waals surface area contributed by atoms with E-state index in [1.807, 2.05) is 24.3 Å². The molecule has 136 valence electrons. The Hall–Kier alpha value is -2.31. The molecule has 1 aromatic rings. The van der Waals surface area contributed by atoms with E-state index in [-0.39, 0.29) is 6.61 Å². The first-order valence-corrected chi connectivity index (χ1v) is 7.94. The van der Waals surface area contributed by atoms with E-state index in [0.29, 0.717) is 17.9 Å². The number of ether oxygens (including phenoxy) is 5. The van der Waals surface area contributed by atoms with Gasteiger partial charge in [0.05, 0.1) is 13.5 Å². The zero-order valence-electron chi connectivity index (χ0n) is 15.0. The van der Waals surface area contributed by atoms with Gasteiger partial charge in [-0.2, -0.15) is 0 Å². The molecule has 0 bridgehead atoms. The van der Waals surface area contributed by atoms with E-state index in [4.69, 9.17) is 23.7 Å². The lowest BCUT2D eigenvalue weighted by Crippen LogP contribution is -2.36. The average molecular weight is 348 g/mol. The molecule has 0 saturated heterocycles.